The van der Waals surface area contributed by atoms with E-state index in [-0.39, 0.29) is 10.6 Å². The number of hydrogen-bond acceptors (Lipinski definition) is 5. The summed E-state index contributed by atoms with van der Waals surface area (Å²) >= 11 is 3.82. The zero-order valence-corrected chi connectivity index (χ0v) is 13.4. The van der Waals surface area contributed by atoms with Gasteiger partial charge in [0.1, 0.15) is 11.8 Å². The summed E-state index contributed by atoms with van der Waals surface area (Å²) in [4.78, 5) is 10.8. The van der Waals surface area contributed by atoms with Crippen LogP contribution in [-0.4, -0.2) is 37.9 Å². The molecule has 0 aliphatic heterocycles. The predicted molar refractivity (Wildman–Crippen MR) is 82.4 cm³/mol. The van der Waals surface area contributed by atoms with Crippen LogP contribution in [0.5, 0.6) is 5.75 Å². The minimum Gasteiger partial charge on any atom is -0.494 e. The van der Waals surface area contributed by atoms with E-state index < -0.39 is 22.0 Å². The number of rotatable bonds is 9. The summed E-state index contributed by atoms with van der Waals surface area (Å²) in [6, 6.07) is 4.57. The van der Waals surface area contributed by atoms with Crippen molar-refractivity contribution in [3.8, 4) is 5.75 Å². The van der Waals surface area contributed by atoms with Crippen molar-refractivity contribution in [3.63, 3.8) is 0 Å². The molecule has 0 bridgehead atoms. The summed E-state index contributed by atoms with van der Waals surface area (Å²) in [6.45, 7) is 2.62. The van der Waals surface area contributed by atoms with Gasteiger partial charge in [0.05, 0.1) is 11.5 Å². The van der Waals surface area contributed by atoms with Crippen LogP contribution in [0.4, 0.5) is 0 Å². The molecular weight excluding hydrogens is 314 g/mol. The summed E-state index contributed by atoms with van der Waals surface area (Å²) in [5, 5.41) is 8.85. The van der Waals surface area contributed by atoms with Crippen LogP contribution in [0.2, 0.25) is 0 Å². The number of sulfonamides is 1. The van der Waals surface area contributed by atoms with Crippen molar-refractivity contribution in [1.29, 1.82) is 0 Å². The Balaban J connectivity index is 2.77. The maximum atomic E-state index is 12.0. The molecule has 0 aliphatic rings. The van der Waals surface area contributed by atoms with E-state index in [2.05, 4.69) is 17.4 Å². The maximum Gasteiger partial charge on any atom is 0.322 e. The van der Waals surface area contributed by atoms with E-state index in [1.54, 1.807) is 12.1 Å². The zero-order chi connectivity index (χ0) is 15.9. The molecule has 0 saturated heterocycles. The molecule has 1 aromatic rings. The van der Waals surface area contributed by atoms with Gasteiger partial charge < -0.3 is 9.84 Å². The van der Waals surface area contributed by atoms with Gasteiger partial charge in [-0.05, 0) is 30.7 Å². The largest absolute Gasteiger partial charge is 0.494 e. The van der Waals surface area contributed by atoms with Gasteiger partial charge in [-0.15, -0.1) is 0 Å². The van der Waals surface area contributed by atoms with Crippen molar-refractivity contribution in [2.24, 2.45) is 0 Å². The smallest absolute Gasteiger partial charge is 0.322 e. The molecule has 0 unspecified atom stereocenters. The number of carbonyl (C=O) groups is 1. The molecule has 118 valence electrons. The molecule has 8 heteroatoms. The van der Waals surface area contributed by atoms with Crippen LogP contribution in [0.15, 0.2) is 29.2 Å². The average molecular weight is 333 g/mol. The van der Waals surface area contributed by atoms with Gasteiger partial charge in [0.25, 0.3) is 0 Å². The zero-order valence-electron chi connectivity index (χ0n) is 11.7. The fourth-order valence-electron chi connectivity index (χ4n) is 1.47. The molecule has 0 heterocycles. The number of carboxylic acids is 1. The Kier molecular flexibility index (Phi) is 7.00. The van der Waals surface area contributed by atoms with E-state index in [0.717, 1.165) is 12.8 Å². The first-order valence-electron chi connectivity index (χ1n) is 6.49. The number of ether oxygens (including phenoxy) is 1. The van der Waals surface area contributed by atoms with Crippen molar-refractivity contribution in [3.05, 3.63) is 24.3 Å². The monoisotopic (exact) mass is 333 g/mol. The first kappa shape index (κ1) is 17.8. The molecule has 0 amide bonds. The highest BCUT2D eigenvalue weighted by molar-refractivity contribution is 7.89. The molecule has 0 saturated carbocycles. The molecular formula is C13H19NO5S2. The number of unbranched alkanes of at least 4 members (excludes halogenated alkanes) is 1. The van der Waals surface area contributed by atoms with Crippen LogP contribution in [0, 0.1) is 0 Å². The molecule has 1 rings (SSSR count). The van der Waals surface area contributed by atoms with Crippen LogP contribution >= 0.6 is 12.6 Å². The number of benzene rings is 1. The topological polar surface area (TPSA) is 92.7 Å². The van der Waals surface area contributed by atoms with Gasteiger partial charge in [-0.1, -0.05) is 13.3 Å². The summed E-state index contributed by atoms with van der Waals surface area (Å²) in [7, 11) is -3.89. The van der Waals surface area contributed by atoms with Crippen LogP contribution in [-0.2, 0) is 14.8 Å². The lowest BCUT2D eigenvalue weighted by Gasteiger charge is -2.13. The lowest BCUT2D eigenvalue weighted by Crippen LogP contribution is -2.41. The second kappa shape index (κ2) is 8.26. The fourth-order valence-corrected chi connectivity index (χ4v) is 3.03. The number of thiol groups is 1. The Morgan fingerprint density at radius 1 is 1.38 bits per heavy atom. The predicted octanol–water partition coefficient (Wildman–Crippen LogP) is 1.53. The van der Waals surface area contributed by atoms with E-state index in [4.69, 9.17) is 9.84 Å². The van der Waals surface area contributed by atoms with Gasteiger partial charge in [-0.25, -0.2) is 8.42 Å². The standard InChI is InChI=1S/C13H19NO5S2/c1-2-3-8-19-10-4-6-11(7-5-10)21(17,18)14-12(9-20)13(15)16/h4-7,12,14,20H,2-3,8-9H2,1H3,(H,15,16)/t12-/m0/s1. The summed E-state index contributed by atoms with van der Waals surface area (Å²) in [5.74, 6) is -0.827. The van der Waals surface area contributed by atoms with Crippen LogP contribution in [0.3, 0.4) is 0 Å². The van der Waals surface area contributed by atoms with E-state index in [0.29, 0.717) is 12.4 Å². The molecule has 0 fully saturated rings. The number of hydrogen-bond donors (Lipinski definition) is 3. The Labute approximate surface area is 130 Å². The Morgan fingerprint density at radius 3 is 2.48 bits per heavy atom. The van der Waals surface area contributed by atoms with E-state index >= 15 is 0 Å². The summed E-state index contributed by atoms with van der Waals surface area (Å²) in [6.07, 6.45) is 1.93. The number of nitrogens with one attached hydrogen (secondary N) is 1. The van der Waals surface area contributed by atoms with Gasteiger partial charge in [-0.3, -0.25) is 4.79 Å². The molecule has 0 radical (unpaired) electrons. The summed E-state index contributed by atoms with van der Waals surface area (Å²) in [5.41, 5.74) is 0. The van der Waals surface area contributed by atoms with Crippen molar-refractivity contribution >= 4 is 28.6 Å². The van der Waals surface area contributed by atoms with Crippen LogP contribution in [0.25, 0.3) is 0 Å². The Bertz CT molecular complexity index is 556. The van der Waals surface area contributed by atoms with Gasteiger partial charge in [0.2, 0.25) is 10.0 Å². The first-order valence-corrected chi connectivity index (χ1v) is 8.61. The lowest BCUT2D eigenvalue weighted by molar-refractivity contribution is -0.138. The second-order valence-electron chi connectivity index (χ2n) is 4.37. The quantitative estimate of drug-likeness (QED) is 0.471. The normalized spacial score (nSPS) is 12.9. The van der Waals surface area contributed by atoms with Gasteiger partial charge in [-0.2, -0.15) is 17.4 Å². The highest BCUT2D eigenvalue weighted by Crippen LogP contribution is 2.16. The third kappa shape index (κ3) is 5.56. The van der Waals surface area contributed by atoms with Gasteiger partial charge in [0.15, 0.2) is 0 Å². The van der Waals surface area contributed by atoms with Crippen molar-refractivity contribution in [1.82, 2.24) is 4.72 Å². The summed E-state index contributed by atoms with van der Waals surface area (Å²) < 4.78 is 31.6. The van der Waals surface area contributed by atoms with Crippen molar-refractivity contribution in [2.75, 3.05) is 12.4 Å². The SMILES string of the molecule is CCCCOc1ccc(S(=O)(=O)N[C@@H](CS)C(=O)O)cc1. The molecule has 6 nitrogen and oxygen atoms in total. The van der Waals surface area contributed by atoms with E-state index in [9.17, 15) is 13.2 Å². The van der Waals surface area contributed by atoms with E-state index in [1.807, 2.05) is 6.92 Å². The third-order valence-electron chi connectivity index (χ3n) is 2.68. The van der Waals surface area contributed by atoms with Crippen LogP contribution in [0.1, 0.15) is 19.8 Å². The Hall–Kier alpha value is -1.25. The molecule has 1 aromatic carbocycles. The van der Waals surface area contributed by atoms with Gasteiger partial charge in [0, 0.05) is 5.75 Å². The first-order chi connectivity index (χ1) is 9.90. The van der Waals surface area contributed by atoms with Crippen molar-refractivity contribution < 1.29 is 23.1 Å². The van der Waals surface area contributed by atoms with Crippen LogP contribution < -0.4 is 9.46 Å². The minimum atomic E-state index is -3.89. The fraction of sp³-hybridized carbons (Fsp3) is 0.462. The second-order valence-corrected chi connectivity index (χ2v) is 6.45. The van der Waals surface area contributed by atoms with Crippen molar-refractivity contribution in [2.45, 2.75) is 30.7 Å². The Morgan fingerprint density at radius 2 is 2.00 bits per heavy atom. The molecule has 2 N–H and O–H groups in total. The van der Waals surface area contributed by atoms with Gasteiger partial charge >= 0.3 is 5.97 Å². The molecule has 21 heavy (non-hydrogen) atoms. The molecule has 0 aliphatic carbocycles. The minimum absolute atomic E-state index is 0.0154. The van der Waals surface area contributed by atoms with E-state index in [1.165, 1.54) is 12.1 Å². The third-order valence-corrected chi connectivity index (χ3v) is 4.53. The average Bonchev–Trinajstić information content (AvgIpc) is 2.45. The lowest BCUT2D eigenvalue weighted by atomic mass is 10.3. The molecule has 0 spiro atoms. The highest BCUT2D eigenvalue weighted by atomic mass is 32.2. The maximum absolute atomic E-state index is 12.0. The molecule has 0 aromatic heterocycles. The highest BCUT2D eigenvalue weighted by Gasteiger charge is 2.24. The molecule has 1 atom stereocenters. The number of aliphatic carboxylic acids is 1. The number of carboxylic acid groups (broad SMARTS) is 1.